The molecule has 0 fully saturated rings. The van der Waals surface area contributed by atoms with Crippen LogP contribution in [0.5, 0.6) is 0 Å². The van der Waals surface area contributed by atoms with Gasteiger partial charge in [0.1, 0.15) is 0 Å². The molecule has 16 heavy (non-hydrogen) atoms. The SMILES string of the molecule is C#CC(CC)NC(=O)Cc1ccccc1N. The lowest BCUT2D eigenvalue weighted by Crippen LogP contribution is -2.34. The van der Waals surface area contributed by atoms with Crippen LogP contribution in [0.15, 0.2) is 24.3 Å². The van der Waals surface area contributed by atoms with E-state index in [1.54, 1.807) is 6.07 Å². The lowest BCUT2D eigenvalue weighted by molar-refractivity contribution is -0.120. The Balaban J connectivity index is 2.59. The predicted molar refractivity (Wildman–Crippen MR) is 65.6 cm³/mol. The van der Waals surface area contributed by atoms with Gasteiger partial charge < -0.3 is 11.1 Å². The van der Waals surface area contributed by atoms with Gasteiger partial charge in [-0.3, -0.25) is 4.79 Å². The van der Waals surface area contributed by atoms with Gasteiger partial charge in [0.05, 0.1) is 12.5 Å². The van der Waals surface area contributed by atoms with E-state index in [1.165, 1.54) is 0 Å². The normalized spacial score (nSPS) is 11.5. The second kappa shape index (κ2) is 5.82. The Morgan fingerprint density at radius 1 is 1.56 bits per heavy atom. The lowest BCUT2D eigenvalue weighted by atomic mass is 10.1. The Morgan fingerprint density at radius 2 is 2.25 bits per heavy atom. The van der Waals surface area contributed by atoms with Crippen LogP contribution in [0, 0.1) is 12.3 Å². The predicted octanol–water partition coefficient (Wildman–Crippen LogP) is 1.34. The highest BCUT2D eigenvalue weighted by Crippen LogP contribution is 2.10. The molecule has 0 radical (unpaired) electrons. The van der Waals surface area contributed by atoms with Crippen LogP contribution >= 0.6 is 0 Å². The molecule has 0 heterocycles. The Hall–Kier alpha value is -1.95. The molecule has 0 aliphatic heterocycles. The fourth-order valence-corrected chi connectivity index (χ4v) is 1.38. The first-order valence-electron chi connectivity index (χ1n) is 5.26. The van der Waals surface area contributed by atoms with Gasteiger partial charge >= 0.3 is 0 Å². The van der Waals surface area contributed by atoms with Gasteiger partial charge in [-0.15, -0.1) is 6.42 Å². The standard InChI is InChI=1S/C13H16N2O/c1-3-11(4-2)15-13(16)9-10-7-5-6-8-12(10)14/h1,5-8,11H,4,9,14H2,2H3,(H,15,16). The molecular weight excluding hydrogens is 200 g/mol. The van der Waals surface area contributed by atoms with E-state index in [0.29, 0.717) is 5.69 Å². The number of nitrogen functional groups attached to an aromatic ring is 1. The van der Waals surface area contributed by atoms with E-state index < -0.39 is 0 Å². The first-order chi connectivity index (χ1) is 7.67. The molecule has 1 rings (SSSR count). The molecule has 1 amide bonds. The first kappa shape index (κ1) is 12.1. The van der Waals surface area contributed by atoms with Crippen molar-refractivity contribution in [2.24, 2.45) is 0 Å². The molecule has 0 aliphatic rings. The highest BCUT2D eigenvalue weighted by Gasteiger charge is 2.09. The van der Waals surface area contributed by atoms with Crippen LogP contribution in [0.4, 0.5) is 5.69 Å². The van der Waals surface area contributed by atoms with Crippen molar-refractivity contribution < 1.29 is 4.79 Å². The molecule has 0 saturated carbocycles. The maximum absolute atomic E-state index is 11.6. The van der Waals surface area contributed by atoms with E-state index in [2.05, 4.69) is 11.2 Å². The molecular formula is C13H16N2O. The molecule has 84 valence electrons. The molecule has 0 spiro atoms. The van der Waals surface area contributed by atoms with Gasteiger partial charge in [0.25, 0.3) is 0 Å². The maximum atomic E-state index is 11.6. The molecule has 3 N–H and O–H groups in total. The van der Waals surface area contributed by atoms with E-state index in [0.717, 1.165) is 12.0 Å². The number of para-hydroxylation sites is 1. The fourth-order valence-electron chi connectivity index (χ4n) is 1.38. The zero-order valence-electron chi connectivity index (χ0n) is 9.36. The molecule has 1 unspecified atom stereocenters. The summed E-state index contributed by atoms with van der Waals surface area (Å²) in [6.07, 6.45) is 6.26. The van der Waals surface area contributed by atoms with Gasteiger partial charge in [0.15, 0.2) is 0 Å². The Labute approximate surface area is 96.0 Å². The van der Waals surface area contributed by atoms with Crippen molar-refractivity contribution >= 4 is 11.6 Å². The van der Waals surface area contributed by atoms with Crippen molar-refractivity contribution in [1.29, 1.82) is 0 Å². The highest BCUT2D eigenvalue weighted by molar-refractivity contribution is 5.80. The van der Waals surface area contributed by atoms with Crippen LogP contribution in [0.2, 0.25) is 0 Å². The van der Waals surface area contributed by atoms with Crippen molar-refractivity contribution in [2.75, 3.05) is 5.73 Å². The molecule has 1 atom stereocenters. The van der Waals surface area contributed by atoms with Crippen LogP contribution in [0.3, 0.4) is 0 Å². The van der Waals surface area contributed by atoms with Gasteiger partial charge in [0.2, 0.25) is 5.91 Å². The van der Waals surface area contributed by atoms with E-state index in [1.807, 2.05) is 25.1 Å². The second-order valence-electron chi connectivity index (χ2n) is 3.57. The van der Waals surface area contributed by atoms with Crippen LogP contribution in [-0.2, 0) is 11.2 Å². The molecule has 1 aromatic rings. The largest absolute Gasteiger partial charge is 0.398 e. The number of anilines is 1. The number of nitrogens with two attached hydrogens (primary N) is 1. The van der Waals surface area contributed by atoms with Crippen molar-refractivity contribution in [3.8, 4) is 12.3 Å². The summed E-state index contributed by atoms with van der Waals surface area (Å²) < 4.78 is 0. The molecule has 0 saturated heterocycles. The van der Waals surface area contributed by atoms with Gasteiger partial charge in [0, 0.05) is 5.69 Å². The van der Waals surface area contributed by atoms with Gasteiger partial charge in [-0.25, -0.2) is 0 Å². The molecule has 0 bridgehead atoms. The van der Waals surface area contributed by atoms with Gasteiger partial charge in [-0.2, -0.15) is 0 Å². The third kappa shape index (κ3) is 3.32. The van der Waals surface area contributed by atoms with E-state index in [9.17, 15) is 4.79 Å². The van der Waals surface area contributed by atoms with Crippen LogP contribution in [-0.4, -0.2) is 11.9 Å². The number of hydrogen-bond donors (Lipinski definition) is 2. The number of amides is 1. The molecule has 3 heteroatoms. The Kier molecular flexibility index (Phi) is 4.41. The highest BCUT2D eigenvalue weighted by atomic mass is 16.1. The van der Waals surface area contributed by atoms with E-state index >= 15 is 0 Å². The third-order valence-corrected chi connectivity index (χ3v) is 2.35. The minimum Gasteiger partial charge on any atom is -0.398 e. The summed E-state index contributed by atoms with van der Waals surface area (Å²) in [5.41, 5.74) is 7.20. The molecule has 3 nitrogen and oxygen atoms in total. The van der Waals surface area contributed by atoms with Crippen molar-refractivity contribution in [2.45, 2.75) is 25.8 Å². The van der Waals surface area contributed by atoms with E-state index in [-0.39, 0.29) is 18.4 Å². The average Bonchev–Trinajstić information content (AvgIpc) is 2.29. The summed E-state index contributed by atoms with van der Waals surface area (Å²) in [6.45, 7) is 1.93. The van der Waals surface area contributed by atoms with Crippen molar-refractivity contribution in [3.05, 3.63) is 29.8 Å². The lowest BCUT2D eigenvalue weighted by Gasteiger charge is -2.11. The molecule has 0 aromatic heterocycles. The minimum atomic E-state index is -0.197. The monoisotopic (exact) mass is 216 g/mol. The topological polar surface area (TPSA) is 55.1 Å². The number of rotatable bonds is 4. The summed E-state index contributed by atoms with van der Waals surface area (Å²) in [5.74, 6) is 2.43. The number of nitrogens with one attached hydrogen (secondary N) is 1. The minimum absolute atomic E-state index is 0.0947. The zero-order chi connectivity index (χ0) is 12.0. The first-order valence-corrected chi connectivity index (χ1v) is 5.26. The Morgan fingerprint density at radius 3 is 2.81 bits per heavy atom. The Bertz CT molecular complexity index is 407. The third-order valence-electron chi connectivity index (χ3n) is 2.35. The summed E-state index contributed by atoms with van der Waals surface area (Å²) in [4.78, 5) is 11.6. The average molecular weight is 216 g/mol. The summed E-state index contributed by atoms with van der Waals surface area (Å²) in [7, 11) is 0. The second-order valence-corrected chi connectivity index (χ2v) is 3.57. The summed E-state index contributed by atoms with van der Waals surface area (Å²) in [6, 6.07) is 7.12. The van der Waals surface area contributed by atoms with Gasteiger partial charge in [-0.1, -0.05) is 31.0 Å². The fraction of sp³-hybridized carbons (Fsp3) is 0.308. The van der Waals surface area contributed by atoms with Crippen molar-refractivity contribution in [3.63, 3.8) is 0 Å². The molecule has 1 aromatic carbocycles. The summed E-state index contributed by atoms with van der Waals surface area (Å²) >= 11 is 0. The maximum Gasteiger partial charge on any atom is 0.225 e. The van der Waals surface area contributed by atoms with Gasteiger partial charge in [-0.05, 0) is 18.1 Å². The summed E-state index contributed by atoms with van der Waals surface area (Å²) in [5, 5.41) is 2.76. The number of benzene rings is 1. The smallest absolute Gasteiger partial charge is 0.225 e. The number of hydrogen-bond acceptors (Lipinski definition) is 2. The van der Waals surface area contributed by atoms with Crippen LogP contribution in [0.25, 0.3) is 0 Å². The zero-order valence-corrected chi connectivity index (χ0v) is 9.36. The molecule has 0 aliphatic carbocycles. The van der Waals surface area contributed by atoms with Crippen LogP contribution < -0.4 is 11.1 Å². The quantitative estimate of drug-likeness (QED) is 0.589. The van der Waals surface area contributed by atoms with Crippen molar-refractivity contribution in [1.82, 2.24) is 5.32 Å². The number of carbonyl (C=O) groups excluding carboxylic acids is 1. The van der Waals surface area contributed by atoms with E-state index in [4.69, 9.17) is 12.2 Å². The van der Waals surface area contributed by atoms with Crippen LogP contribution in [0.1, 0.15) is 18.9 Å². The number of terminal acetylenes is 1. The number of carbonyl (C=O) groups is 1.